The monoisotopic (exact) mass is 148 g/mol. The Morgan fingerprint density at radius 1 is 1.45 bits per heavy atom. The van der Waals surface area contributed by atoms with E-state index in [0.29, 0.717) is 0 Å². The van der Waals surface area contributed by atoms with Crippen LogP contribution in [0.2, 0.25) is 0 Å². The number of aromatic nitrogens is 1. The van der Waals surface area contributed by atoms with Crippen molar-refractivity contribution < 1.29 is 4.39 Å². The van der Waals surface area contributed by atoms with Crippen LogP contribution in [0.3, 0.4) is 0 Å². The summed E-state index contributed by atoms with van der Waals surface area (Å²) < 4.78 is 14.5. The Morgan fingerprint density at radius 3 is 3.09 bits per heavy atom. The van der Waals surface area contributed by atoms with Gasteiger partial charge in [-0.15, -0.1) is 0 Å². The summed E-state index contributed by atoms with van der Waals surface area (Å²) in [5.74, 6) is -0.201. The molecule has 1 aromatic carbocycles. The SMILES string of the molecule is Cn1c[c]c2ccc(F)cc21. The predicted molar refractivity (Wildman–Crippen MR) is 41.7 cm³/mol. The third kappa shape index (κ3) is 0.909. The van der Waals surface area contributed by atoms with Crippen molar-refractivity contribution in [3.63, 3.8) is 0 Å². The first-order chi connectivity index (χ1) is 5.27. The normalized spacial score (nSPS) is 10.7. The molecule has 0 spiro atoms. The molecular formula is C9H7FN. The van der Waals surface area contributed by atoms with E-state index in [-0.39, 0.29) is 5.82 Å². The predicted octanol–water partition coefficient (Wildman–Crippen LogP) is 2.12. The van der Waals surface area contributed by atoms with Crippen molar-refractivity contribution >= 4 is 10.9 Å². The fourth-order valence-electron chi connectivity index (χ4n) is 1.15. The van der Waals surface area contributed by atoms with Crippen LogP contribution in [0.15, 0.2) is 24.4 Å². The summed E-state index contributed by atoms with van der Waals surface area (Å²) in [5, 5.41) is 0.953. The molecule has 11 heavy (non-hydrogen) atoms. The number of hydrogen-bond acceptors (Lipinski definition) is 0. The van der Waals surface area contributed by atoms with E-state index >= 15 is 0 Å². The maximum atomic E-state index is 12.7. The summed E-state index contributed by atoms with van der Waals surface area (Å²) in [6.45, 7) is 0. The second kappa shape index (κ2) is 2.09. The lowest BCUT2D eigenvalue weighted by atomic mass is 10.2. The summed E-state index contributed by atoms with van der Waals surface area (Å²) >= 11 is 0. The molecule has 1 radical (unpaired) electrons. The van der Waals surface area contributed by atoms with Crippen LogP contribution in [0.5, 0.6) is 0 Å². The number of nitrogens with zero attached hydrogens (tertiary/aromatic N) is 1. The van der Waals surface area contributed by atoms with Crippen LogP contribution in [0.4, 0.5) is 4.39 Å². The second-order valence-electron chi connectivity index (χ2n) is 2.55. The van der Waals surface area contributed by atoms with Gasteiger partial charge in [-0.2, -0.15) is 0 Å². The Labute approximate surface area is 64.1 Å². The standard InChI is InChI=1S/C9H7FN/c1-11-5-4-7-2-3-8(10)6-9(7)11/h2-3,5-6H,1H3. The van der Waals surface area contributed by atoms with Gasteiger partial charge in [-0.3, -0.25) is 0 Å². The third-order valence-corrected chi connectivity index (χ3v) is 1.75. The van der Waals surface area contributed by atoms with E-state index in [1.807, 2.05) is 11.6 Å². The lowest BCUT2D eigenvalue weighted by Gasteiger charge is -1.94. The minimum Gasteiger partial charge on any atom is -0.350 e. The molecule has 55 valence electrons. The molecule has 0 aliphatic rings. The molecule has 0 bridgehead atoms. The van der Waals surface area contributed by atoms with Gasteiger partial charge in [-0.25, -0.2) is 4.39 Å². The van der Waals surface area contributed by atoms with Crippen molar-refractivity contribution in [3.05, 3.63) is 36.3 Å². The van der Waals surface area contributed by atoms with Gasteiger partial charge in [0.25, 0.3) is 0 Å². The molecule has 0 saturated carbocycles. The maximum absolute atomic E-state index is 12.7. The highest BCUT2D eigenvalue weighted by atomic mass is 19.1. The highest BCUT2D eigenvalue weighted by Gasteiger charge is 1.97. The van der Waals surface area contributed by atoms with Gasteiger partial charge in [0.1, 0.15) is 5.82 Å². The van der Waals surface area contributed by atoms with Crippen LogP contribution in [0.1, 0.15) is 0 Å². The molecule has 2 aromatic rings. The van der Waals surface area contributed by atoms with Gasteiger partial charge in [-0.1, -0.05) is 0 Å². The van der Waals surface area contributed by atoms with Crippen molar-refractivity contribution in [3.8, 4) is 0 Å². The van der Waals surface area contributed by atoms with Crippen molar-refractivity contribution in [2.45, 2.75) is 0 Å². The van der Waals surface area contributed by atoms with E-state index in [0.717, 1.165) is 10.9 Å². The molecular weight excluding hydrogens is 141 g/mol. The average Bonchev–Trinajstić information content (AvgIpc) is 2.33. The number of rotatable bonds is 0. The highest BCUT2D eigenvalue weighted by Crippen LogP contribution is 2.14. The van der Waals surface area contributed by atoms with Gasteiger partial charge in [-0.05, 0) is 18.2 Å². The van der Waals surface area contributed by atoms with Crippen molar-refractivity contribution in [2.24, 2.45) is 7.05 Å². The Kier molecular flexibility index (Phi) is 1.22. The molecule has 2 heteroatoms. The van der Waals surface area contributed by atoms with E-state index in [1.54, 1.807) is 12.3 Å². The lowest BCUT2D eigenvalue weighted by Crippen LogP contribution is -1.83. The molecule has 0 amide bonds. The molecule has 1 aromatic heterocycles. The zero-order valence-corrected chi connectivity index (χ0v) is 6.13. The molecule has 0 N–H and O–H groups in total. The topological polar surface area (TPSA) is 4.93 Å². The van der Waals surface area contributed by atoms with E-state index in [2.05, 4.69) is 6.07 Å². The molecule has 1 heterocycles. The van der Waals surface area contributed by atoms with E-state index in [1.165, 1.54) is 12.1 Å². The first-order valence-corrected chi connectivity index (χ1v) is 3.39. The number of fused-ring (bicyclic) bond motifs is 1. The van der Waals surface area contributed by atoms with Crippen LogP contribution in [0.25, 0.3) is 10.9 Å². The Bertz CT molecular complexity index is 389. The first-order valence-electron chi connectivity index (χ1n) is 3.39. The number of hydrogen-bond donors (Lipinski definition) is 0. The van der Waals surface area contributed by atoms with Crippen molar-refractivity contribution in [1.29, 1.82) is 0 Å². The number of benzene rings is 1. The lowest BCUT2D eigenvalue weighted by molar-refractivity contribution is 0.629. The summed E-state index contributed by atoms with van der Waals surface area (Å²) in [4.78, 5) is 0. The molecule has 0 atom stereocenters. The third-order valence-electron chi connectivity index (χ3n) is 1.75. The molecule has 0 aliphatic heterocycles. The van der Waals surface area contributed by atoms with E-state index in [4.69, 9.17) is 0 Å². The Balaban J connectivity index is 2.87. The first kappa shape index (κ1) is 6.40. The van der Waals surface area contributed by atoms with Gasteiger partial charge < -0.3 is 4.57 Å². The minimum atomic E-state index is -0.201. The smallest absolute Gasteiger partial charge is 0.125 e. The minimum absolute atomic E-state index is 0.201. The van der Waals surface area contributed by atoms with Gasteiger partial charge in [0.15, 0.2) is 0 Å². The molecule has 0 fully saturated rings. The molecule has 0 unspecified atom stereocenters. The summed E-state index contributed by atoms with van der Waals surface area (Å²) in [5.41, 5.74) is 0.880. The van der Waals surface area contributed by atoms with Crippen LogP contribution in [0, 0.1) is 11.9 Å². The van der Waals surface area contributed by atoms with Gasteiger partial charge in [0, 0.05) is 24.7 Å². The Morgan fingerprint density at radius 2 is 2.27 bits per heavy atom. The summed E-state index contributed by atoms with van der Waals surface area (Å²) in [7, 11) is 1.87. The van der Waals surface area contributed by atoms with Gasteiger partial charge >= 0.3 is 0 Å². The largest absolute Gasteiger partial charge is 0.350 e. The van der Waals surface area contributed by atoms with Crippen molar-refractivity contribution in [2.75, 3.05) is 0 Å². The second-order valence-corrected chi connectivity index (χ2v) is 2.55. The highest BCUT2D eigenvalue weighted by molar-refractivity contribution is 5.79. The van der Waals surface area contributed by atoms with Crippen LogP contribution < -0.4 is 0 Å². The average molecular weight is 148 g/mol. The van der Waals surface area contributed by atoms with Gasteiger partial charge in [0.2, 0.25) is 0 Å². The number of aryl methyl sites for hydroxylation is 1. The zero-order valence-electron chi connectivity index (χ0n) is 6.13. The van der Waals surface area contributed by atoms with E-state index in [9.17, 15) is 4.39 Å². The van der Waals surface area contributed by atoms with Crippen molar-refractivity contribution in [1.82, 2.24) is 4.57 Å². The zero-order chi connectivity index (χ0) is 7.84. The molecule has 1 nitrogen and oxygen atoms in total. The quantitative estimate of drug-likeness (QED) is 0.539. The summed E-state index contributed by atoms with van der Waals surface area (Å²) in [6.07, 6.45) is 1.80. The molecule has 0 aliphatic carbocycles. The van der Waals surface area contributed by atoms with Crippen LogP contribution >= 0.6 is 0 Å². The van der Waals surface area contributed by atoms with Crippen LogP contribution in [-0.4, -0.2) is 4.57 Å². The summed E-state index contributed by atoms with van der Waals surface area (Å²) in [6, 6.07) is 7.69. The molecule has 0 saturated heterocycles. The van der Waals surface area contributed by atoms with Gasteiger partial charge in [0.05, 0.1) is 5.52 Å². The fourth-order valence-corrected chi connectivity index (χ4v) is 1.15. The Hall–Kier alpha value is -1.31. The van der Waals surface area contributed by atoms with E-state index < -0.39 is 0 Å². The number of halogens is 1. The van der Waals surface area contributed by atoms with Crippen LogP contribution in [-0.2, 0) is 7.05 Å². The molecule has 2 rings (SSSR count). The maximum Gasteiger partial charge on any atom is 0.125 e. The fraction of sp³-hybridized carbons (Fsp3) is 0.111.